The number of thioether (sulfide) groups is 1. The largest absolute Gasteiger partial charge is 0.392 e. The summed E-state index contributed by atoms with van der Waals surface area (Å²) in [6.07, 6.45) is -0.345. The summed E-state index contributed by atoms with van der Waals surface area (Å²) in [4.78, 5) is 0. The van der Waals surface area contributed by atoms with Gasteiger partial charge in [0, 0.05) is 15.5 Å². The van der Waals surface area contributed by atoms with E-state index in [4.69, 9.17) is 0 Å². The molecule has 15 heavy (non-hydrogen) atoms. The molecule has 1 rings (SSSR count). The van der Waals surface area contributed by atoms with Crippen molar-refractivity contribution in [1.29, 1.82) is 0 Å². The molecule has 1 aromatic carbocycles. The van der Waals surface area contributed by atoms with Crippen LogP contribution in [0.25, 0.3) is 0 Å². The third kappa shape index (κ3) is 4.13. The van der Waals surface area contributed by atoms with Gasteiger partial charge in [-0.05, 0) is 30.7 Å². The van der Waals surface area contributed by atoms with Crippen molar-refractivity contribution in [2.45, 2.75) is 31.0 Å². The summed E-state index contributed by atoms with van der Waals surface area (Å²) in [7, 11) is 0. The Morgan fingerprint density at radius 3 is 2.73 bits per heavy atom. The minimum Gasteiger partial charge on any atom is -0.392 e. The van der Waals surface area contributed by atoms with Crippen LogP contribution in [0, 0.1) is 5.82 Å². The van der Waals surface area contributed by atoms with Gasteiger partial charge < -0.3 is 5.11 Å². The van der Waals surface area contributed by atoms with Gasteiger partial charge in [-0.25, -0.2) is 4.39 Å². The molecule has 1 nitrogen and oxygen atoms in total. The Kier molecular flexibility index (Phi) is 5.09. The molecule has 0 fully saturated rings. The lowest BCUT2D eigenvalue weighted by Crippen LogP contribution is -2.15. The number of hydrogen-bond acceptors (Lipinski definition) is 2. The van der Waals surface area contributed by atoms with E-state index in [9.17, 15) is 9.50 Å². The summed E-state index contributed by atoms with van der Waals surface area (Å²) in [5.41, 5.74) is 0.924. The Morgan fingerprint density at radius 2 is 2.13 bits per heavy atom. The first-order valence-corrected chi connectivity index (χ1v) is 6.58. The summed E-state index contributed by atoms with van der Waals surface area (Å²) in [6, 6.07) is 4.65. The van der Waals surface area contributed by atoms with E-state index in [1.807, 2.05) is 6.92 Å². The fraction of sp³-hybridized carbons (Fsp3) is 0.455. The van der Waals surface area contributed by atoms with E-state index in [-0.39, 0.29) is 17.2 Å². The van der Waals surface area contributed by atoms with Gasteiger partial charge in [0.15, 0.2) is 0 Å². The minimum absolute atomic E-state index is 0.153. The van der Waals surface area contributed by atoms with Crippen LogP contribution in [0.5, 0.6) is 0 Å². The fourth-order valence-electron chi connectivity index (χ4n) is 1.01. The highest BCUT2D eigenvalue weighted by molar-refractivity contribution is 9.10. The molecular weight excluding hydrogens is 279 g/mol. The molecule has 0 bridgehead atoms. The number of hydrogen-bond donors (Lipinski definition) is 1. The van der Waals surface area contributed by atoms with Crippen LogP contribution in [0.15, 0.2) is 22.7 Å². The Labute approximate surface area is 102 Å². The van der Waals surface area contributed by atoms with Crippen LogP contribution in [-0.2, 0) is 5.75 Å². The maximum atomic E-state index is 13.0. The normalized spacial score (nSPS) is 15.0. The molecule has 0 saturated heterocycles. The second-order valence-corrected chi connectivity index (χ2v) is 5.71. The Morgan fingerprint density at radius 1 is 1.47 bits per heavy atom. The molecule has 1 N–H and O–H groups in total. The van der Waals surface area contributed by atoms with Gasteiger partial charge in [-0.15, -0.1) is 0 Å². The average molecular weight is 293 g/mol. The van der Waals surface area contributed by atoms with E-state index in [1.54, 1.807) is 24.8 Å². The van der Waals surface area contributed by atoms with Crippen molar-refractivity contribution < 1.29 is 9.50 Å². The monoisotopic (exact) mass is 292 g/mol. The van der Waals surface area contributed by atoms with Gasteiger partial charge in [0.25, 0.3) is 0 Å². The molecule has 0 aromatic heterocycles. The van der Waals surface area contributed by atoms with Crippen molar-refractivity contribution in [2.24, 2.45) is 0 Å². The fourth-order valence-corrected chi connectivity index (χ4v) is 2.55. The zero-order valence-electron chi connectivity index (χ0n) is 8.71. The number of rotatable bonds is 4. The molecule has 1 aromatic rings. The summed E-state index contributed by atoms with van der Waals surface area (Å²) in [5, 5.41) is 9.47. The molecule has 0 aliphatic rings. The maximum Gasteiger partial charge on any atom is 0.123 e. The zero-order valence-corrected chi connectivity index (χ0v) is 11.1. The van der Waals surface area contributed by atoms with Crippen LogP contribution < -0.4 is 0 Å². The van der Waals surface area contributed by atoms with E-state index >= 15 is 0 Å². The maximum absolute atomic E-state index is 13.0. The van der Waals surface area contributed by atoms with Crippen molar-refractivity contribution in [3.8, 4) is 0 Å². The molecule has 0 spiro atoms. The van der Waals surface area contributed by atoms with Gasteiger partial charge in [-0.3, -0.25) is 0 Å². The van der Waals surface area contributed by atoms with Crippen molar-refractivity contribution in [3.63, 3.8) is 0 Å². The molecule has 0 saturated carbocycles. The zero-order chi connectivity index (χ0) is 11.4. The van der Waals surface area contributed by atoms with Gasteiger partial charge in [0.05, 0.1) is 6.10 Å². The lowest BCUT2D eigenvalue weighted by Gasteiger charge is -2.14. The van der Waals surface area contributed by atoms with Gasteiger partial charge in [0.1, 0.15) is 5.82 Å². The number of aliphatic hydroxyl groups excluding tert-OH is 1. The predicted molar refractivity (Wildman–Crippen MR) is 66.5 cm³/mol. The molecular formula is C11H14BrFOS. The van der Waals surface area contributed by atoms with Gasteiger partial charge in [-0.2, -0.15) is 11.8 Å². The minimum atomic E-state index is -0.345. The highest BCUT2D eigenvalue weighted by atomic mass is 79.9. The van der Waals surface area contributed by atoms with Gasteiger partial charge in [-0.1, -0.05) is 22.9 Å². The third-order valence-electron chi connectivity index (χ3n) is 2.19. The molecule has 4 heteroatoms. The Bertz CT molecular complexity index is 330. The smallest absolute Gasteiger partial charge is 0.123 e. The summed E-state index contributed by atoms with van der Waals surface area (Å²) in [6.45, 7) is 3.72. The van der Waals surface area contributed by atoms with Crippen LogP contribution in [0.1, 0.15) is 19.4 Å². The van der Waals surface area contributed by atoms with E-state index in [0.29, 0.717) is 5.75 Å². The van der Waals surface area contributed by atoms with E-state index < -0.39 is 0 Å². The molecule has 0 aliphatic heterocycles. The van der Waals surface area contributed by atoms with Crippen LogP contribution in [-0.4, -0.2) is 16.5 Å². The molecule has 0 aliphatic carbocycles. The van der Waals surface area contributed by atoms with Crippen molar-refractivity contribution >= 4 is 27.7 Å². The highest BCUT2D eigenvalue weighted by Crippen LogP contribution is 2.25. The van der Waals surface area contributed by atoms with Crippen LogP contribution in [0.2, 0.25) is 0 Å². The summed E-state index contributed by atoms with van der Waals surface area (Å²) < 4.78 is 13.9. The van der Waals surface area contributed by atoms with Gasteiger partial charge >= 0.3 is 0 Å². The highest BCUT2D eigenvalue weighted by Gasteiger charge is 2.10. The van der Waals surface area contributed by atoms with E-state index in [1.165, 1.54) is 12.1 Å². The first kappa shape index (κ1) is 13.0. The third-order valence-corrected chi connectivity index (χ3v) is 4.36. The second-order valence-electron chi connectivity index (χ2n) is 3.49. The van der Waals surface area contributed by atoms with Crippen LogP contribution in [0.3, 0.4) is 0 Å². The van der Waals surface area contributed by atoms with Crippen LogP contribution >= 0.6 is 27.7 Å². The van der Waals surface area contributed by atoms with Crippen LogP contribution in [0.4, 0.5) is 4.39 Å². The first-order chi connectivity index (χ1) is 7.00. The number of benzene rings is 1. The standard InChI is InChI=1S/C11H14BrFOS/c1-7(14)8(2)15-6-9-5-10(13)3-4-11(9)12/h3-5,7-8,14H,6H2,1-2H3. The average Bonchev–Trinajstić information content (AvgIpc) is 2.18. The molecule has 2 atom stereocenters. The van der Waals surface area contributed by atoms with Gasteiger partial charge in [0.2, 0.25) is 0 Å². The lowest BCUT2D eigenvalue weighted by atomic mass is 10.2. The summed E-state index contributed by atoms with van der Waals surface area (Å²) >= 11 is 4.99. The van der Waals surface area contributed by atoms with Crippen molar-refractivity contribution in [1.82, 2.24) is 0 Å². The first-order valence-electron chi connectivity index (χ1n) is 4.74. The van der Waals surface area contributed by atoms with E-state index in [0.717, 1.165) is 10.0 Å². The Balaban J connectivity index is 2.61. The quantitative estimate of drug-likeness (QED) is 0.915. The SMILES string of the molecule is CC(O)C(C)SCc1cc(F)ccc1Br. The Hall–Kier alpha value is -0.0600. The second kappa shape index (κ2) is 5.87. The molecule has 84 valence electrons. The molecule has 0 amide bonds. The molecule has 0 heterocycles. The topological polar surface area (TPSA) is 20.2 Å². The van der Waals surface area contributed by atoms with E-state index in [2.05, 4.69) is 15.9 Å². The van der Waals surface area contributed by atoms with Crippen molar-refractivity contribution in [2.75, 3.05) is 0 Å². The molecule has 2 unspecified atom stereocenters. The number of halogens is 2. The number of aliphatic hydroxyl groups is 1. The van der Waals surface area contributed by atoms with Crippen molar-refractivity contribution in [3.05, 3.63) is 34.1 Å². The summed E-state index contributed by atoms with van der Waals surface area (Å²) in [5.74, 6) is 0.475. The lowest BCUT2D eigenvalue weighted by molar-refractivity contribution is 0.196. The molecule has 0 radical (unpaired) electrons. The predicted octanol–water partition coefficient (Wildman–Crippen LogP) is 3.59.